The fourth-order valence-electron chi connectivity index (χ4n) is 5.09. The van der Waals surface area contributed by atoms with E-state index in [1.54, 1.807) is 84.9 Å². The molecule has 3 N–H and O–H groups in total. The van der Waals surface area contributed by atoms with Gasteiger partial charge in [0.15, 0.2) is 5.13 Å². The molecule has 52 heavy (non-hydrogen) atoms. The average Bonchev–Trinajstić information content (AvgIpc) is 3.62. The smallest absolute Gasteiger partial charge is 0.272 e. The summed E-state index contributed by atoms with van der Waals surface area (Å²) in [6, 6.07) is 37.5. The molecule has 1 aromatic heterocycles. The highest BCUT2D eigenvalue weighted by Gasteiger charge is 2.24. The Morgan fingerprint density at radius 1 is 0.827 bits per heavy atom. The van der Waals surface area contributed by atoms with E-state index in [2.05, 4.69) is 20.9 Å². The summed E-state index contributed by atoms with van der Waals surface area (Å²) in [6.07, 6.45) is 1.56. The van der Waals surface area contributed by atoms with Crippen LogP contribution in [0.3, 0.4) is 0 Å². The standard InChI is InChI=1S/C40H30Cl2N4O4S2/c1-50-35-18-9-8-15-27(35)21-33(44-37(47)26-13-6-3-7-14-26)38(48)43-29-16-10-17-30(23-29)52-36(25-11-4-2-5-12-25)39(49)46-40-45-34(24-51-40)31-20-19-28(41)22-32(31)42/h2-24,36H,1H3,(H,43,48)(H,44,47)(H,45,46,49)/b33-21+. The maximum absolute atomic E-state index is 13.8. The van der Waals surface area contributed by atoms with Crippen LogP contribution in [0.25, 0.3) is 17.3 Å². The number of ether oxygens (including phenoxy) is 1. The predicted molar refractivity (Wildman–Crippen MR) is 211 cm³/mol. The number of hydrogen-bond acceptors (Lipinski definition) is 7. The molecule has 6 aromatic rings. The lowest BCUT2D eigenvalue weighted by Gasteiger charge is -2.17. The van der Waals surface area contributed by atoms with E-state index in [4.69, 9.17) is 27.9 Å². The first-order valence-corrected chi connectivity index (χ1v) is 18.3. The summed E-state index contributed by atoms with van der Waals surface area (Å²) in [6.45, 7) is 0. The summed E-state index contributed by atoms with van der Waals surface area (Å²) < 4.78 is 5.47. The van der Waals surface area contributed by atoms with E-state index in [0.29, 0.717) is 49.0 Å². The van der Waals surface area contributed by atoms with E-state index in [1.165, 1.54) is 30.2 Å². The highest BCUT2D eigenvalue weighted by molar-refractivity contribution is 8.00. The monoisotopic (exact) mass is 764 g/mol. The average molecular weight is 766 g/mol. The molecule has 5 aromatic carbocycles. The number of thioether (sulfide) groups is 1. The van der Waals surface area contributed by atoms with Gasteiger partial charge in [0.2, 0.25) is 5.91 Å². The molecule has 0 bridgehead atoms. The van der Waals surface area contributed by atoms with Crippen molar-refractivity contribution in [1.82, 2.24) is 10.3 Å². The van der Waals surface area contributed by atoms with Crippen molar-refractivity contribution in [2.24, 2.45) is 0 Å². The van der Waals surface area contributed by atoms with Gasteiger partial charge in [0.25, 0.3) is 11.8 Å². The Morgan fingerprint density at radius 3 is 2.31 bits per heavy atom. The number of benzene rings is 5. The van der Waals surface area contributed by atoms with E-state index in [0.717, 1.165) is 10.5 Å². The molecule has 1 heterocycles. The lowest BCUT2D eigenvalue weighted by molar-refractivity contribution is -0.116. The van der Waals surface area contributed by atoms with Gasteiger partial charge in [0.05, 0.1) is 17.8 Å². The van der Waals surface area contributed by atoms with Crippen molar-refractivity contribution in [3.05, 3.63) is 165 Å². The maximum atomic E-state index is 13.8. The van der Waals surface area contributed by atoms with Gasteiger partial charge in [0, 0.05) is 37.7 Å². The zero-order valence-corrected chi connectivity index (χ0v) is 30.7. The summed E-state index contributed by atoms with van der Waals surface area (Å²) in [5.74, 6) is -0.732. The number of halogens is 2. The first kappa shape index (κ1) is 36.4. The summed E-state index contributed by atoms with van der Waals surface area (Å²) in [5.41, 5.74) is 3.58. The van der Waals surface area contributed by atoms with Crippen LogP contribution >= 0.6 is 46.3 Å². The van der Waals surface area contributed by atoms with Crippen molar-refractivity contribution in [3.63, 3.8) is 0 Å². The van der Waals surface area contributed by atoms with Gasteiger partial charge in [-0.2, -0.15) is 0 Å². The number of methoxy groups -OCH3 is 1. The second-order valence-corrected chi connectivity index (χ2v) is 14.0. The molecular weight excluding hydrogens is 736 g/mol. The lowest BCUT2D eigenvalue weighted by atomic mass is 10.1. The molecule has 0 aliphatic rings. The Hall–Kier alpha value is -5.39. The third kappa shape index (κ3) is 9.28. The third-order valence-electron chi connectivity index (χ3n) is 7.60. The fourth-order valence-corrected chi connectivity index (χ4v) is 7.39. The van der Waals surface area contributed by atoms with Crippen LogP contribution < -0.4 is 20.7 Å². The van der Waals surface area contributed by atoms with Crippen LogP contribution in [0.15, 0.2) is 143 Å². The molecule has 1 unspecified atom stereocenters. The molecule has 12 heteroatoms. The van der Waals surface area contributed by atoms with Gasteiger partial charge in [-0.05, 0) is 66.2 Å². The van der Waals surface area contributed by atoms with Gasteiger partial charge in [-0.25, -0.2) is 4.98 Å². The van der Waals surface area contributed by atoms with E-state index in [1.807, 2.05) is 53.9 Å². The Balaban J connectivity index is 1.22. The molecule has 0 fully saturated rings. The zero-order valence-electron chi connectivity index (χ0n) is 27.5. The molecule has 3 amide bonds. The van der Waals surface area contributed by atoms with Gasteiger partial charge in [-0.3, -0.25) is 14.4 Å². The number of hydrogen-bond donors (Lipinski definition) is 3. The van der Waals surface area contributed by atoms with Crippen LogP contribution in [-0.4, -0.2) is 29.8 Å². The maximum Gasteiger partial charge on any atom is 0.272 e. The van der Waals surface area contributed by atoms with Gasteiger partial charge >= 0.3 is 0 Å². The number of nitrogens with one attached hydrogen (secondary N) is 3. The summed E-state index contributed by atoms with van der Waals surface area (Å²) in [5, 5.41) is 11.2. The van der Waals surface area contributed by atoms with Gasteiger partial charge < -0.3 is 20.7 Å². The number of thiazole rings is 1. The highest BCUT2D eigenvalue weighted by Crippen LogP contribution is 2.38. The normalized spacial score (nSPS) is 11.7. The van der Waals surface area contributed by atoms with Crippen LogP contribution in [0.4, 0.5) is 10.8 Å². The van der Waals surface area contributed by atoms with Crippen LogP contribution in [0.2, 0.25) is 10.0 Å². The number of carbonyl (C=O) groups excluding carboxylic acids is 3. The molecule has 1 atom stereocenters. The van der Waals surface area contributed by atoms with Crippen LogP contribution in [0, 0.1) is 0 Å². The van der Waals surface area contributed by atoms with Gasteiger partial charge in [0.1, 0.15) is 16.7 Å². The largest absolute Gasteiger partial charge is 0.496 e. The minimum Gasteiger partial charge on any atom is -0.496 e. The van der Waals surface area contributed by atoms with Crippen molar-refractivity contribution in [3.8, 4) is 17.0 Å². The topological polar surface area (TPSA) is 109 Å². The van der Waals surface area contributed by atoms with E-state index in [-0.39, 0.29) is 11.6 Å². The van der Waals surface area contributed by atoms with Crippen molar-refractivity contribution < 1.29 is 19.1 Å². The quantitative estimate of drug-likeness (QED) is 0.0846. The number of aromatic nitrogens is 1. The number of para-hydroxylation sites is 1. The van der Waals surface area contributed by atoms with Gasteiger partial charge in [-0.1, -0.05) is 96.0 Å². The molecule has 0 radical (unpaired) electrons. The van der Waals surface area contributed by atoms with Crippen LogP contribution in [-0.2, 0) is 9.59 Å². The number of carbonyl (C=O) groups is 3. The van der Waals surface area contributed by atoms with Gasteiger partial charge in [-0.15, -0.1) is 23.1 Å². The second kappa shape index (κ2) is 17.2. The lowest BCUT2D eigenvalue weighted by Crippen LogP contribution is -2.30. The first-order valence-electron chi connectivity index (χ1n) is 15.8. The fraction of sp³-hybridized carbons (Fsp3) is 0.0500. The number of nitrogens with zero attached hydrogens (tertiary/aromatic N) is 1. The zero-order chi connectivity index (χ0) is 36.5. The van der Waals surface area contributed by atoms with Crippen molar-refractivity contribution in [2.75, 3.05) is 17.7 Å². The summed E-state index contributed by atoms with van der Waals surface area (Å²) in [4.78, 5) is 46.1. The van der Waals surface area contributed by atoms with Crippen LogP contribution in [0.1, 0.15) is 26.7 Å². The molecule has 6 rings (SSSR count). The summed E-state index contributed by atoms with van der Waals surface area (Å²) in [7, 11) is 1.53. The SMILES string of the molecule is COc1ccccc1/C=C(/NC(=O)c1ccccc1)C(=O)Nc1cccc(SC(C(=O)Nc2nc(-c3ccc(Cl)cc3Cl)cs2)c2ccccc2)c1. The minimum absolute atomic E-state index is 0.0145. The van der Waals surface area contributed by atoms with Crippen molar-refractivity contribution in [2.45, 2.75) is 10.1 Å². The first-order chi connectivity index (χ1) is 25.3. The van der Waals surface area contributed by atoms with E-state index in [9.17, 15) is 14.4 Å². The molecule has 0 aliphatic carbocycles. The number of rotatable bonds is 12. The third-order valence-corrected chi connectivity index (χ3v) is 10.1. The van der Waals surface area contributed by atoms with Crippen molar-refractivity contribution in [1.29, 1.82) is 0 Å². The molecule has 0 saturated heterocycles. The number of anilines is 2. The number of amides is 3. The molecule has 8 nitrogen and oxygen atoms in total. The molecular formula is C40H30Cl2N4O4S2. The predicted octanol–water partition coefficient (Wildman–Crippen LogP) is 10.0. The van der Waals surface area contributed by atoms with Crippen LogP contribution in [0.5, 0.6) is 5.75 Å². The Kier molecular flexibility index (Phi) is 12.1. The molecule has 260 valence electrons. The second-order valence-electron chi connectivity index (χ2n) is 11.2. The minimum atomic E-state index is -0.662. The van der Waals surface area contributed by atoms with E-state index >= 15 is 0 Å². The molecule has 0 spiro atoms. The highest BCUT2D eigenvalue weighted by atomic mass is 35.5. The molecule has 0 saturated carbocycles. The Morgan fingerprint density at radius 2 is 1.56 bits per heavy atom. The van der Waals surface area contributed by atoms with Crippen molar-refractivity contribution >= 4 is 80.9 Å². The summed E-state index contributed by atoms with van der Waals surface area (Å²) >= 11 is 15.1. The Bertz CT molecular complexity index is 2250. The Labute approximate surface area is 318 Å². The molecule has 0 aliphatic heterocycles. The van der Waals surface area contributed by atoms with E-state index < -0.39 is 17.1 Å².